The van der Waals surface area contributed by atoms with Gasteiger partial charge in [0.1, 0.15) is 5.75 Å². The van der Waals surface area contributed by atoms with Crippen molar-refractivity contribution in [1.82, 2.24) is 0 Å². The predicted molar refractivity (Wildman–Crippen MR) is 70.0 cm³/mol. The SMILES string of the molecule is CCCC(C)(CC)C(=O)Nc1ccc(O)cc1. The lowest BCUT2D eigenvalue weighted by Gasteiger charge is -2.26. The molecule has 0 aliphatic rings. The molecule has 1 unspecified atom stereocenters. The van der Waals surface area contributed by atoms with E-state index in [-0.39, 0.29) is 17.1 Å². The normalized spacial score (nSPS) is 14.1. The summed E-state index contributed by atoms with van der Waals surface area (Å²) in [6, 6.07) is 6.54. The van der Waals surface area contributed by atoms with Gasteiger partial charge in [0.2, 0.25) is 5.91 Å². The molecule has 1 atom stereocenters. The average molecular weight is 235 g/mol. The van der Waals surface area contributed by atoms with E-state index in [2.05, 4.69) is 12.2 Å². The van der Waals surface area contributed by atoms with Crippen LogP contribution in [0, 0.1) is 5.41 Å². The van der Waals surface area contributed by atoms with E-state index in [0.717, 1.165) is 24.9 Å². The summed E-state index contributed by atoms with van der Waals surface area (Å²) in [5, 5.41) is 12.1. The molecule has 0 bridgehead atoms. The molecule has 0 spiro atoms. The molecule has 0 aliphatic carbocycles. The van der Waals surface area contributed by atoms with Gasteiger partial charge in [-0.3, -0.25) is 4.79 Å². The summed E-state index contributed by atoms with van der Waals surface area (Å²) < 4.78 is 0. The Kier molecular flexibility index (Phi) is 4.55. The summed E-state index contributed by atoms with van der Waals surface area (Å²) in [5.41, 5.74) is 0.413. The standard InChI is InChI=1S/C14H21NO2/c1-4-10-14(3,5-2)13(17)15-11-6-8-12(16)9-7-11/h6-9,16H,4-5,10H2,1-3H3,(H,15,17). The molecule has 1 aromatic rings. The third-order valence-corrected chi connectivity index (χ3v) is 3.26. The Hall–Kier alpha value is -1.51. The van der Waals surface area contributed by atoms with Crippen LogP contribution in [-0.4, -0.2) is 11.0 Å². The molecular formula is C14H21NO2. The number of hydrogen-bond donors (Lipinski definition) is 2. The molecule has 1 rings (SSSR count). The van der Waals surface area contributed by atoms with Crippen LogP contribution < -0.4 is 5.32 Å². The maximum Gasteiger partial charge on any atom is 0.230 e. The van der Waals surface area contributed by atoms with Crippen LogP contribution in [0.1, 0.15) is 40.0 Å². The maximum atomic E-state index is 12.2. The molecule has 94 valence electrons. The lowest BCUT2D eigenvalue weighted by Crippen LogP contribution is -2.32. The van der Waals surface area contributed by atoms with Gasteiger partial charge >= 0.3 is 0 Å². The second-order valence-electron chi connectivity index (χ2n) is 4.67. The van der Waals surface area contributed by atoms with E-state index in [1.807, 2.05) is 13.8 Å². The highest BCUT2D eigenvalue weighted by atomic mass is 16.3. The Bertz CT molecular complexity index is 372. The van der Waals surface area contributed by atoms with Crippen LogP contribution in [0.5, 0.6) is 5.75 Å². The monoisotopic (exact) mass is 235 g/mol. The molecular weight excluding hydrogens is 214 g/mol. The van der Waals surface area contributed by atoms with Gasteiger partial charge in [-0.15, -0.1) is 0 Å². The van der Waals surface area contributed by atoms with Crippen molar-refractivity contribution in [2.24, 2.45) is 5.41 Å². The Morgan fingerprint density at radius 1 is 1.29 bits per heavy atom. The minimum Gasteiger partial charge on any atom is -0.508 e. The number of carbonyl (C=O) groups excluding carboxylic acids is 1. The first-order chi connectivity index (χ1) is 8.01. The van der Waals surface area contributed by atoms with Gasteiger partial charge in [-0.1, -0.05) is 27.2 Å². The number of amides is 1. The average Bonchev–Trinajstić information content (AvgIpc) is 2.32. The zero-order valence-corrected chi connectivity index (χ0v) is 10.8. The number of phenolic OH excluding ortho intramolecular Hbond substituents is 1. The van der Waals surface area contributed by atoms with E-state index in [1.54, 1.807) is 24.3 Å². The number of phenols is 1. The van der Waals surface area contributed by atoms with Crippen molar-refractivity contribution in [2.75, 3.05) is 5.32 Å². The summed E-state index contributed by atoms with van der Waals surface area (Å²) in [4.78, 5) is 12.2. The molecule has 0 heterocycles. The molecule has 1 aromatic carbocycles. The largest absolute Gasteiger partial charge is 0.508 e. The highest BCUT2D eigenvalue weighted by molar-refractivity contribution is 5.95. The fourth-order valence-corrected chi connectivity index (χ4v) is 1.83. The van der Waals surface area contributed by atoms with E-state index in [1.165, 1.54) is 0 Å². The van der Waals surface area contributed by atoms with E-state index in [0.29, 0.717) is 0 Å². The minimum atomic E-state index is -0.313. The molecule has 3 nitrogen and oxygen atoms in total. The number of hydrogen-bond acceptors (Lipinski definition) is 2. The molecule has 0 radical (unpaired) electrons. The Morgan fingerprint density at radius 3 is 2.35 bits per heavy atom. The topological polar surface area (TPSA) is 49.3 Å². The molecule has 0 aromatic heterocycles. The number of rotatable bonds is 5. The second kappa shape index (κ2) is 5.71. The number of aromatic hydroxyl groups is 1. The summed E-state index contributed by atoms with van der Waals surface area (Å²) >= 11 is 0. The molecule has 0 saturated carbocycles. The van der Waals surface area contributed by atoms with E-state index in [9.17, 15) is 4.79 Å². The summed E-state index contributed by atoms with van der Waals surface area (Å²) in [7, 11) is 0. The second-order valence-corrected chi connectivity index (χ2v) is 4.67. The zero-order valence-electron chi connectivity index (χ0n) is 10.8. The summed E-state index contributed by atoms with van der Waals surface area (Å²) in [6.07, 6.45) is 2.70. The van der Waals surface area contributed by atoms with E-state index < -0.39 is 0 Å². The lowest BCUT2D eigenvalue weighted by molar-refractivity contribution is -0.125. The van der Waals surface area contributed by atoms with Crippen molar-refractivity contribution in [3.8, 4) is 5.75 Å². The van der Waals surface area contributed by atoms with Crippen LogP contribution >= 0.6 is 0 Å². The molecule has 0 saturated heterocycles. The number of carbonyl (C=O) groups is 1. The van der Waals surface area contributed by atoms with Gasteiger partial charge in [-0.25, -0.2) is 0 Å². The van der Waals surface area contributed by atoms with Crippen LogP contribution in [-0.2, 0) is 4.79 Å². The lowest BCUT2D eigenvalue weighted by atomic mass is 9.82. The molecule has 0 fully saturated rings. The quantitative estimate of drug-likeness (QED) is 0.767. The maximum absolute atomic E-state index is 12.2. The molecule has 3 heteroatoms. The highest BCUT2D eigenvalue weighted by Gasteiger charge is 2.30. The zero-order chi connectivity index (χ0) is 12.9. The van der Waals surface area contributed by atoms with Crippen LogP contribution in [0.2, 0.25) is 0 Å². The van der Waals surface area contributed by atoms with Crippen molar-refractivity contribution in [2.45, 2.75) is 40.0 Å². The minimum absolute atomic E-state index is 0.0486. The molecule has 1 amide bonds. The predicted octanol–water partition coefficient (Wildman–Crippen LogP) is 3.55. The van der Waals surface area contributed by atoms with Crippen molar-refractivity contribution in [3.63, 3.8) is 0 Å². The Balaban J connectivity index is 2.73. The van der Waals surface area contributed by atoms with Gasteiger partial charge in [0.15, 0.2) is 0 Å². The summed E-state index contributed by atoms with van der Waals surface area (Å²) in [5.74, 6) is 0.252. The van der Waals surface area contributed by atoms with E-state index >= 15 is 0 Å². The Morgan fingerprint density at radius 2 is 1.88 bits per heavy atom. The van der Waals surface area contributed by atoms with Crippen molar-refractivity contribution in [3.05, 3.63) is 24.3 Å². The van der Waals surface area contributed by atoms with Crippen LogP contribution in [0.25, 0.3) is 0 Å². The van der Waals surface area contributed by atoms with Crippen molar-refractivity contribution in [1.29, 1.82) is 0 Å². The van der Waals surface area contributed by atoms with Crippen LogP contribution in [0.3, 0.4) is 0 Å². The van der Waals surface area contributed by atoms with Gasteiger partial charge in [-0.2, -0.15) is 0 Å². The van der Waals surface area contributed by atoms with Gasteiger partial charge in [-0.05, 0) is 37.1 Å². The van der Waals surface area contributed by atoms with Gasteiger partial charge in [0, 0.05) is 11.1 Å². The fraction of sp³-hybridized carbons (Fsp3) is 0.500. The highest BCUT2D eigenvalue weighted by Crippen LogP contribution is 2.29. The Labute approximate surface area is 103 Å². The fourth-order valence-electron chi connectivity index (χ4n) is 1.83. The van der Waals surface area contributed by atoms with E-state index in [4.69, 9.17) is 5.11 Å². The third-order valence-electron chi connectivity index (χ3n) is 3.26. The smallest absolute Gasteiger partial charge is 0.230 e. The van der Waals surface area contributed by atoms with Crippen LogP contribution in [0.4, 0.5) is 5.69 Å². The van der Waals surface area contributed by atoms with Gasteiger partial charge in [0.05, 0.1) is 0 Å². The number of benzene rings is 1. The first-order valence-corrected chi connectivity index (χ1v) is 6.12. The molecule has 2 N–H and O–H groups in total. The summed E-state index contributed by atoms with van der Waals surface area (Å²) in [6.45, 7) is 6.11. The van der Waals surface area contributed by atoms with Crippen molar-refractivity contribution < 1.29 is 9.90 Å². The number of anilines is 1. The molecule has 0 aliphatic heterocycles. The molecule has 17 heavy (non-hydrogen) atoms. The van der Waals surface area contributed by atoms with Crippen molar-refractivity contribution >= 4 is 11.6 Å². The van der Waals surface area contributed by atoms with Gasteiger partial charge in [0.25, 0.3) is 0 Å². The van der Waals surface area contributed by atoms with Gasteiger partial charge < -0.3 is 10.4 Å². The number of nitrogens with one attached hydrogen (secondary N) is 1. The third kappa shape index (κ3) is 3.48. The first kappa shape index (κ1) is 13.6. The van der Waals surface area contributed by atoms with Crippen LogP contribution in [0.15, 0.2) is 24.3 Å². The first-order valence-electron chi connectivity index (χ1n) is 6.12.